The van der Waals surface area contributed by atoms with Gasteiger partial charge in [-0.25, -0.2) is 0 Å². The third kappa shape index (κ3) is 5.63. The highest BCUT2D eigenvalue weighted by Crippen LogP contribution is 2.36. The maximum Gasteiger partial charge on any atom is 0.257 e. The minimum atomic E-state index is -0.205. The number of anilines is 1. The number of hydrogen-bond acceptors (Lipinski definition) is 6. The summed E-state index contributed by atoms with van der Waals surface area (Å²) in [5.74, 6) is 1.69. The lowest BCUT2D eigenvalue weighted by atomic mass is 9.91. The number of carbonyl (C=O) groups excluding carboxylic acids is 1. The van der Waals surface area contributed by atoms with Crippen LogP contribution in [0, 0.1) is 5.92 Å². The summed E-state index contributed by atoms with van der Waals surface area (Å²) in [7, 11) is 3.28. The van der Waals surface area contributed by atoms with Gasteiger partial charge in [0.2, 0.25) is 0 Å². The normalized spacial score (nSPS) is 13.3. The number of amides is 1. The molecule has 1 aliphatic rings. The molecule has 4 rings (SSSR count). The van der Waals surface area contributed by atoms with Crippen LogP contribution in [0.25, 0.3) is 11.3 Å². The molecule has 180 valence electrons. The van der Waals surface area contributed by atoms with E-state index in [1.54, 1.807) is 38.7 Å². The molecule has 2 heterocycles. The van der Waals surface area contributed by atoms with Gasteiger partial charge in [0, 0.05) is 42.0 Å². The van der Waals surface area contributed by atoms with E-state index >= 15 is 0 Å². The van der Waals surface area contributed by atoms with Gasteiger partial charge in [0.05, 0.1) is 25.5 Å². The van der Waals surface area contributed by atoms with Crippen LogP contribution in [0.4, 0.5) is 5.69 Å². The molecule has 1 aliphatic heterocycles. The average molecular weight is 471 g/mol. The SMILES string of the molecule is COc1ccc(C2=C(c3ccc(OC)cc3)C(C(=O)Nc3ccncc3)=CN(CC(C)C)N2)cc1. The number of pyridine rings is 1. The smallest absolute Gasteiger partial charge is 0.257 e. The molecule has 2 N–H and O–H groups in total. The van der Waals surface area contributed by atoms with Gasteiger partial charge < -0.3 is 14.8 Å². The first-order valence-corrected chi connectivity index (χ1v) is 11.5. The molecular weight excluding hydrogens is 440 g/mol. The number of rotatable bonds is 8. The first kappa shape index (κ1) is 23.9. The molecule has 35 heavy (non-hydrogen) atoms. The van der Waals surface area contributed by atoms with Crippen LogP contribution < -0.4 is 20.2 Å². The highest BCUT2D eigenvalue weighted by Gasteiger charge is 2.27. The fourth-order valence-electron chi connectivity index (χ4n) is 3.91. The number of hydrazine groups is 1. The van der Waals surface area contributed by atoms with Gasteiger partial charge in [0.25, 0.3) is 5.91 Å². The number of nitrogens with zero attached hydrogens (tertiary/aromatic N) is 2. The van der Waals surface area contributed by atoms with Crippen molar-refractivity contribution in [1.29, 1.82) is 0 Å². The van der Waals surface area contributed by atoms with E-state index in [2.05, 4.69) is 29.6 Å². The Balaban J connectivity index is 1.86. The number of ether oxygens (including phenoxy) is 2. The van der Waals surface area contributed by atoms with Gasteiger partial charge in [-0.15, -0.1) is 0 Å². The van der Waals surface area contributed by atoms with Gasteiger partial charge >= 0.3 is 0 Å². The number of methoxy groups -OCH3 is 2. The van der Waals surface area contributed by atoms with Crippen molar-refractivity contribution < 1.29 is 14.3 Å². The Morgan fingerprint density at radius 1 is 0.914 bits per heavy atom. The summed E-state index contributed by atoms with van der Waals surface area (Å²) in [5.41, 5.74) is 8.23. The molecule has 3 aromatic rings. The van der Waals surface area contributed by atoms with Gasteiger partial charge in [0.15, 0.2) is 0 Å². The van der Waals surface area contributed by atoms with Crippen molar-refractivity contribution in [1.82, 2.24) is 15.4 Å². The van der Waals surface area contributed by atoms with E-state index in [4.69, 9.17) is 9.47 Å². The zero-order valence-electron chi connectivity index (χ0n) is 20.4. The Morgan fingerprint density at radius 3 is 2.03 bits per heavy atom. The third-order valence-electron chi connectivity index (χ3n) is 5.56. The maximum absolute atomic E-state index is 13.6. The number of benzene rings is 2. The summed E-state index contributed by atoms with van der Waals surface area (Å²) in [6, 6.07) is 19.1. The molecule has 7 heteroatoms. The largest absolute Gasteiger partial charge is 0.497 e. The molecule has 0 bridgehead atoms. The molecule has 1 amide bonds. The van der Waals surface area contributed by atoms with Crippen LogP contribution in [-0.2, 0) is 4.79 Å². The average Bonchev–Trinajstić information content (AvgIpc) is 2.88. The predicted molar refractivity (Wildman–Crippen MR) is 138 cm³/mol. The monoisotopic (exact) mass is 470 g/mol. The quantitative estimate of drug-likeness (QED) is 0.484. The van der Waals surface area contributed by atoms with Crippen molar-refractivity contribution in [2.45, 2.75) is 13.8 Å². The maximum atomic E-state index is 13.6. The van der Waals surface area contributed by atoms with Gasteiger partial charge in [-0.2, -0.15) is 0 Å². The van der Waals surface area contributed by atoms with Crippen molar-refractivity contribution in [3.05, 3.63) is 96.0 Å². The van der Waals surface area contributed by atoms with Crippen molar-refractivity contribution in [2.24, 2.45) is 5.92 Å². The third-order valence-corrected chi connectivity index (χ3v) is 5.56. The molecule has 0 fully saturated rings. The molecule has 0 radical (unpaired) electrons. The van der Waals surface area contributed by atoms with Crippen molar-refractivity contribution >= 4 is 22.9 Å². The molecule has 0 saturated carbocycles. The molecule has 0 spiro atoms. The fraction of sp³-hybridized carbons (Fsp3) is 0.214. The van der Waals surface area contributed by atoms with Gasteiger partial charge in [0.1, 0.15) is 11.5 Å². The van der Waals surface area contributed by atoms with Crippen molar-refractivity contribution in [3.8, 4) is 11.5 Å². The molecule has 7 nitrogen and oxygen atoms in total. The summed E-state index contributed by atoms with van der Waals surface area (Å²) >= 11 is 0. The minimum absolute atomic E-state index is 0.205. The minimum Gasteiger partial charge on any atom is -0.497 e. The second-order valence-corrected chi connectivity index (χ2v) is 8.60. The van der Waals surface area contributed by atoms with Crippen LogP contribution in [0.3, 0.4) is 0 Å². The lowest BCUT2D eigenvalue weighted by Crippen LogP contribution is -2.39. The summed E-state index contributed by atoms with van der Waals surface area (Å²) in [6.45, 7) is 5.01. The number of hydrogen-bond donors (Lipinski definition) is 2. The standard InChI is InChI=1S/C28H30N4O3/c1-19(2)17-32-18-25(28(33)30-22-13-15-29-16-14-22)26(20-5-9-23(34-3)10-6-20)27(31-32)21-7-11-24(35-4)12-8-21/h5-16,18-19,31H,17H2,1-4H3,(H,29,30,33). The van der Waals surface area contributed by atoms with E-state index < -0.39 is 0 Å². The zero-order valence-corrected chi connectivity index (χ0v) is 20.4. The molecular formula is C28H30N4O3. The topological polar surface area (TPSA) is 75.7 Å². The van der Waals surface area contributed by atoms with Gasteiger partial charge in [-0.3, -0.25) is 20.2 Å². The Labute approximate surface area is 206 Å². The summed E-state index contributed by atoms with van der Waals surface area (Å²) in [4.78, 5) is 17.7. The Morgan fingerprint density at radius 2 is 1.49 bits per heavy atom. The van der Waals surface area contributed by atoms with Crippen LogP contribution in [0.2, 0.25) is 0 Å². The van der Waals surface area contributed by atoms with Gasteiger partial charge in [-0.1, -0.05) is 26.0 Å². The van der Waals surface area contributed by atoms with Crippen LogP contribution in [0.5, 0.6) is 11.5 Å². The summed E-state index contributed by atoms with van der Waals surface area (Å²) in [5, 5.41) is 4.99. The predicted octanol–water partition coefficient (Wildman–Crippen LogP) is 4.97. The highest BCUT2D eigenvalue weighted by molar-refractivity contribution is 6.19. The molecule has 0 unspecified atom stereocenters. The second kappa shape index (κ2) is 10.8. The molecule has 0 saturated heterocycles. The fourth-order valence-corrected chi connectivity index (χ4v) is 3.91. The summed E-state index contributed by atoms with van der Waals surface area (Å²) in [6.07, 6.45) is 5.18. The molecule has 1 aromatic heterocycles. The summed E-state index contributed by atoms with van der Waals surface area (Å²) < 4.78 is 10.7. The Hall–Kier alpha value is -4.26. The van der Waals surface area contributed by atoms with E-state index in [1.165, 1.54) is 0 Å². The van der Waals surface area contributed by atoms with E-state index in [9.17, 15) is 4.79 Å². The number of aromatic nitrogens is 1. The second-order valence-electron chi connectivity index (χ2n) is 8.60. The van der Waals surface area contributed by atoms with Crippen molar-refractivity contribution in [3.63, 3.8) is 0 Å². The number of carbonyl (C=O) groups is 1. The number of nitrogens with one attached hydrogen (secondary N) is 2. The van der Waals surface area contributed by atoms with Crippen LogP contribution in [0.15, 0.2) is 84.8 Å². The first-order valence-electron chi connectivity index (χ1n) is 11.5. The molecule has 0 aliphatic carbocycles. The van der Waals surface area contributed by atoms with Crippen LogP contribution >= 0.6 is 0 Å². The Kier molecular flexibility index (Phi) is 7.35. The van der Waals surface area contributed by atoms with E-state index in [0.29, 0.717) is 17.2 Å². The van der Waals surface area contributed by atoms with Crippen molar-refractivity contribution in [2.75, 3.05) is 26.1 Å². The Bertz CT molecular complexity index is 1220. The lowest BCUT2D eigenvalue weighted by Gasteiger charge is -2.33. The molecule has 2 aromatic carbocycles. The lowest BCUT2D eigenvalue weighted by molar-refractivity contribution is -0.112. The van der Waals surface area contributed by atoms with Gasteiger partial charge in [-0.05, 0) is 60.0 Å². The van der Waals surface area contributed by atoms with E-state index in [1.807, 2.05) is 59.7 Å². The highest BCUT2D eigenvalue weighted by atomic mass is 16.5. The van der Waals surface area contributed by atoms with E-state index in [-0.39, 0.29) is 5.91 Å². The van der Waals surface area contributed by atoms with Crippen LogP contribution in [-0.4, -0.2) is 36.7 Å². The zero-order chi connectivity index (χ0) is 24.8. The van der Waals surface area contributed by atoms with E-state index in [0.717, 1.165) is 40.4 Å². The molecule has 0 atom stereocenters. The van der Waals surface area contributed by atoms with Crippen LogP contribution in [0.1, 0.15) is 25.0 Å². The first-order chi connectivity index (χ1) is 17.0.